The van der Waals surface area contributed by atoms with Crippen molar-refractivity contribution < 1.29 is 66.1 Å². The number of benzene rings is 1. The van der Waals surface area contributed by atoms with Crippen LogP contribution in [0.15, 0.2) is 24.3 Å². The average molecular weight is 532 g/mol. The summed E-state index contributed by atoms with van der Waals surface area (Å²) in [7, 11) is 0. The molecular weight excluding hydrogens is 500 g/mol. The molecule has 0 saturated carbocycles. The van der Waals surface area contributed by atoms with Gasteiger partial charge in [-0.1, -0.05) is 12.1 Å². The minimum Gasteiger partial charge on any atom is -0.491 e. The number of alkyl halides is 4. The van der Waals surface area contributed by atoms with Gasteiger partial charge in [-0.2, -0.15) is 17.6 Å². The number of hydrogen-bond acceptors (Lipinski definition) is 10. The number of rotatable bonds is 21. The lowest BCUT2D eigenvalue weighted by atomic mass is 10.1. The molecule has 0 spiro atoms. The van der Waals surface area contributed by atoms with E-state index in [2.05, 4.69) is 14.2 Å². The number of carbonyl (C=O) groups is 1. The second-order valence-electron chi connectivity index (χ2n) is 7.67. The number of ketones is 1. The summed E-state index contributed by atoms with van der Waals surface area (Å²) in [6.07, 6.45) is -10.8. The molecular formula is C22H32F4O10. The lowest BCUT2D eigenvalue weighted by Gasteiger charge is -2.24. The van der Waals surface area contributed by atoms with Gasteiger partial charge in [0, 0.05) is 6.42 Å². The highest BCUT2D eigenvalue weighted by Gasteiger charge is 2.44. The fraction of sp³-hybridized carbons (Fsp3) is 0.682. The molecule has 0 aliphatic carbocycles. The van der Waals surface area contributed by atoms with Crippen LogP contribution >= 0.6 is 0 Å². The molecule has 0 fully saturated rings. The Kier molecular flexibility index (Phi) is 15.0. The van der Waals surface area contributed by atoms with Crippen molar-refractivity contribution in [2.24, 2.45) is 0 Å². The number of aliphatic hydroxyl groups excluding tert-OH is 3. The third kappa shape index (κ3) is 16.0. The van der Waals surface area contributed by atoms with Crippen molar-refractivity contribution in [1.29, 1.82) is 0 Å². The van der Waals surface area contributed by atoms with E-state index in [4.69, 9.17) is 24.4 Å². The third-order valence-corrected chi connectivity index (χ3v) is 4.03. The Morgan fingerprint density at radius 3 is 2.06 bits per heavy atom. The second-order valence-corrected chi connectivity index (χ2v) is 7.67. The van der Waals surface area contributed by atoms with Gasteiger partial charge in [0.15, 0.2) is 0 Å². The van der Waals surface area contributed by atoms with Crippen molar-refractivity contribution in [2.75, 3.05) is 59.6 Å². The molecule has 0 aliphatic heterocycles. The zero-order valence-corrected chi connectivity index (χ0v) is 19.7. The molecule has 0 amide bonds. The number of halogens is 4. The first-order valence-corrected chi connectivity index (χ1v) is 10.9. The van der Waals surface area contributed by atoms with Crippen LogP contribution in [0.4, 0.5) is 17.6 Å². The summed E-state index contributed by atoms with van der Waals surface area (Å²) in [5.41, 5.74) is 0.775. The predicted molar refractivity (Wildman–Crippen MR) is 115 cm³/mol. The van der Waals surface area contributed by atoms with Crippen LogP contribution in [-0.2, 0) is 34.9 Å². The molecule has 0 bridgehead atoms. The van der Waals surface area contributed by atoms with Crippen molar-refractivity contribution in [1.82, 2.24) is 0 Å². The molecule has 14 heteroatoms. The Hall–Kier alpha value is -1.91. The van der Waals surface area contributed by atoms with Crippen LogP contribution in [0.3, 0.4) is 0 Å². The van der Waals surface area contributed by atoms with Crippen molar-refractivity contribution in [3.8, 4) is 5.75 Å². The maximum Gasteiger partial charge on any atom is 0.383 e. The van der Waals surface area contributed by atoms with Gasteiger partial charge in [0.1, 0.15) is 50.4 Å². The van der Waals surface area contributed by atoms with Crippen LogP contribution < -0.4 is 4.74 Å². The quantitative estimate of drug-likeness (QED) is 0.120. The van der Waals surface area contributed by atoms with Gasteiger partial charge in [0.2, 0.25) is 0 Å². The summed E-state index contributed by atoms with van der Waals surface area (Å²) in [6.45, 7) is -3.95. The average Bonchev–Trinajstić information content (AvgIpc) is 2.78. The highest BCUT2D eigenvalue weighted by molar-refractivity contribution is 5.78. The monoisotopic (exact) mass is 532 g/mol. The zero-order chi connectivity index (χ0) is 27.0. The normalized spacial score (nSPS) is 14.0. The summed E-state index contributed by atoms with van der Waals surface area (Å²) < 4.78 is 81.9. The van der Waals surface area contributed by atoms with Crippen LogP contribution in [0.2, 0.25) is 0 Å². The summed E-state index contributed by atoms with van der Waals surface area (Å²) in [4.78, 5) is 11.1. The number of carbonyl (C=O) groups excluding carboxylic acids is 1. The molecule has 2 atom stereocenters. The molecule has 0 aliphatic rings. The van der Waals surface area contributed by atoms with E-state index in [1.165, 1.54) is 6.92 Å². The Balaban J connectivity index is 2.19. The second kappa shape index (κ2) is 16.8. The number of hydrogen-bond donors (Lipinski definition) is 3. The predicted octanol–water partition coefficient (Wildman–Crippen LogP) is 1.14. The molecule has 0 aromatic heterocycles. The van der Waals surface area contributed by atoms with E-state index in [0.717, 1.165) is 5.56 Å². The standard InChI is InChI=1S/C22H32F4O10/c1-16(28)8-17-2-4-20(5-3-17)35-12-19(30)11-33-13-21(23,24)36-22(25,26)14-34-15-32-7-6-31-10-18(29)9-27/h2-5,18-19,27,29-30H,6-15H2,1H3. The molecule has 1 aromatic rings. The van der Waals surface area contributed by atoms with Crippen molar-refractivity contribution in [3.05, 3.63) is 29.8 Å². The molecule has 0 saturated heterocycles. The van der Waals surface area contributed by atoms with Crippen LogP contribution in [0.25, 0.3) is 0 Å². The van der Waals surface area contributed by atoms with Gasteiger partial charge >= 0.3 is 12.2 Å². The van der Waals surface area contributed by atoms with Crippen molar-refractivity contribution in [3.63, 3.8) is 0 Å². The summed E-state index contributed by atoms with van der Waals surface area (Å²) in [6, 6.07) is 6.47. The fourth-order valence-corrected chi connectivity index (χ4v) is 2.49. The van der Waals surface area contributed by atoms with Crippen molar-refractivity contribution >= 4 is 5.78 Å². The first kappa shape index (κ1) is 32.1. The summed E-state index contributed by atoms with van der Waals surface area (Å²) >= 11 is 0. The van der Waals surface area contributed by atoms with Crippen LogP contribution in [0.5, 0.6) is 5.75 Å². The summed E-state index contributed by atoms with van der Waals surface area (Å²) in [5, 5.41) is 27.4. The van der Waals surface area contributed by atoms with Gasteiger partial charge in [-0.15, -0.1) is 0 Å². The molecule has 0 radical (unpaired) electrons. The minimum atomic E-state index is -4.37. The van der Waals surface area contributed by atoms with E-state index < -0.39 is 57.6 Å². The first-order chi connectivity index (χ1) is 16.9. The summed E-state index contributed by atoms with van der Waals surface area (Å²) in [5.74, 6) is 0.360. The Morgan fingerprint density at radius 1 is 0.861 bits per heavy atom. The molecule has 2 unspecified atom stereocenters. The SMILES string of the molecule is CC(=O)Cc1ccc(OCC(O)COCC(F)(F)OC(F)(F)COCOCCOCC(O)CO)cc1. The van der Waals surface area contributed by atoms with E-state index in [-0.39, 0.29) is 38.6 Å². The van der Waals surface area contributed by atoms with Crippen molar-refractivity contribution in [2.45, 2.75) is 37.8 Å². The molecule has 1 rings (SSSR count). The maximum atomic E-state index is 13.7. The lowest BCUT2D eigenvalue weighted by Crippen LogP contribution is -2.40. The molecule has 3 N–H and O–H groups in total. The van der Waals surface area contributed by atoms with Gasteiger partial charge in [0.25, 0.3) is 0 Å². The highest BCUT2D eigenvalue weighted by Crippen LogP contribution is 2.27. The molecule has 0 heterocycles. The number of Topliss-reactive ketones (excluding diaryl/α,β-unsaturated/α-hetero) is 1. The molecule has 10 nitrogen and oxygen atoms in total. The Labute approximate surface area is 205 Å². The maximum absolute atomic E-state index is 13.7. The van der Waals surface area contributed by atoms with Gasteiger partial charge < -0.3 is 39.0 Å². The van der Waals surface area contributed by atoms with Crippen LogP contribution in [-0.4, -0.2) is 105 Å². The topological polar surface area (TPSA) is 133 Å². The molecule has 208 valence electrons. The van der Waals surface area contributed by atoms with E-state index >= 15 is 0 Å². The van der Waals surface area contributed by atoms with Gasteiger partial charge in [-0.25, -0.2) is 0 Å². The molecule has 1 aromatic carbocycles. The van der Waals surface area contributed by atoms with Gasteiger partial charge in [-0.05, 0) is 24.6 Å². The van der Waals surface area contributed by atoms with Crippen LogP contribution in [0, 0.1) is 0 Å². The Morgan fingerprint density at radius 2 is 1.44 bits per heavy atom. The third-order valence-electron chi connectivity index (χ3n) is 4.03. The van der Waals surface area contributed by atoms with E-state index in [9.17, 15) is 27.5 Å². The largest absolute Gasteiger partial charge is 0.491 e. The van der Waals surface area contributed by atoms with E-state index in [1.54, 1.807) is 24.3 Å². The van der Waals surface area contributed by atoms with E-state index in [1.807, 2.05) is 0 Å². The smallest absolute Gasteiger partial charge is 0.383 e. The Bertz CT molecular complexity index is 736. The highest BCUT2D eigenvalue weighted by atomic mass is 19.3. The molecule has 36 heavy (non-hydrogen) atoms. The zero-order valence-electron chi connectivity index (χ0n) is 19.7. The lowest BCUT2D eigenvalue weighted by molar-refractivity contribution is -0.396. The first-order valence-electron chi connectivity index (χ1n) is 10.9. The van der Waals surface area contributed by atoms with Gasteiger partial charge in [-0.3, -0.25) is 9.53 Å². The van der Waals surface area contributed by atoms with Crippen LogP contribution in [0.1, 0.15) is 12.5 Å². The number of aliphatic hydroxyl groups is 3. The number of ether oxygens (including phenoxy) is 6. The fourth-order valence-electron chi connectivity index (χ4n) is 2.49. The van der Waals surface area contributed by atoms with E-state index in [0.29, 0.717) is 5.75 Å². The minimum absolute atomic E-state index is 0.00760. The van der Waals surface area contributed by atoms with Gasteiger partial charge in [0.05, 0.1) is 33.0 Å².